The normalized spacial score (nSPS) is 22.4. The van der Waals surface area contributed by atoms with E-state index in [1.54, 1.807) is 0 Å². The van der Waals surface area contributed by atoms with Crippen LogP contribution in [0.25, 0.3) is 32.9 Å². The topological polar surface area (TPSA) is 104 Å². The number of hydrogen-bond acceptors (Lipinski definition) is 9. The van der Waals surface area contributed by atoms with Crippen molar-refractivity contribution >= 4 is 27.5 Å². The van der Waals surface area contributed by atoms with Crippen molar-refractivity contribution < 1.29 is 32.9 Å². The van der Waals surface area contributed by atoms with Crippen LogP contribution in [-0.4, -0.2) is 94.9 Å². The fraction of sp³-hybridized carbons (Fsp3) is 0.472. The van der Waals surface area contributed by atoms with Gasteiger partial charge in [0, 0.05) is 54.8 Å². The molecule has 9 nitrogen and oxygen atoms in total. The molecule has 4 heterocycles. The molecule has 2 aliphatic heterocycles. The average molecular weight is 662 g/mol. The van der Waals surface area contributed by atoms with E-state index in [2.05, 4.69) is 20.8 Å². The van der Waals surface area contributed by atoms with Crippen LogP contribution in [0.1, 0.15) is 44.1 Å². The SMILES string of the molecule is C#Cc1c(F)ccc2cc(O)cc(-c3ncc4c(N5CCCOCC5)nc(OCC56CCCC5N(CC(O)CF)CCC6)nc4c3F)c12. The minimum Gasteiger partial charge on any atom is -0.508 e. The number of rotatable bonds is 8. The molecule has 7 rings (SSSR count). The van der Waals surface area contributed by atoms with Gasteiger partial charge >= 0.3 is 6.01 Å². The number of β-amino-alcohol motifs (C(OH)–C–C–N with tert-alkyl or cyclic N) is 1. The van der Waals surface area contributed by atoms with Crippen LogP contribution in [0, 0.1) is 29.4 Å². The molecule has 0 bridgehead atoms. The molecular formula is C36H38F3N5O4. The third-order valence-electron chi connectivity index (χ3n) is 10.1. The van der Waals surface area contributed by atoms with E-state index in [-0.39, 0.29) is 64.1 Å². The summed E-state index contributed by atoms with van der Waals surface area (Å²) in [4.78, 5) is 18.1. The molecule has 4 aromatic rings. The number of phenols is 1. The molecule has 1 aliphatic carbocycles. The molecule has 1 saturated carbocycles. The van der Waals surface area contributed by atoms with Crippen LogP contribution >= 0.6 is 0 Å². The molecule has 3 aliphatic rings. The van der Waals surface area contributed by atoms with Crippen molar-refractivity contribution in [1.29, 1.82) is 0 Å². The number of anilines is 1. The standard InChI is InChI=1S/C36H38F3N5O4/c1-2-25-28(38)8-7-22-16-23(45)17-26(30(22)25)32-31(39)33-27(19-40-32)34(43-12-5-14-47-15-13-43)42-35(41-33)48-21-36-9-3-6-29(36)44(11-4-10-36)20-24(46)18-37/h1,7-8,16-17,19,24,29,45-46H,3-6,9-15,18,20-21H2. The molecule has 2 aromatic heterocycles. The lowest BCUT2D eigenvalue weighted by Crippen LogP contribution is -2.54. The largest absolute Gasteiger partial charge is 0.508 e. The molecule has 3 fully saturated rings. The second kappa shape index (κ2) is 13.4. The maximum atomic E-state index is 16.8. The molecule has 48 heavy (non-hydrogen) atoms. The first-order valence-electron chi connectivity index (χ1n) is 16.5. The number of fused-ring (bicyclic) bond motifs is 3. The molecule has 252 valence electrons. The van der Waals surface area contributed by atoms with Crippen molar-refractivity contribution in [2.45, 2.75) is 50.7 Å². The van der Waals surface area contributed by atoms with Gasteiger partial charge in [-0.3, -0.25) is 9.88 Å². The minimum absolute atomic E-state index is 0.00998. The zero-order valence-electron chi connectivity index (χ0n) is 26.6. The van der Waals surface area contributed by atoms with Crippen LogP contribution in [0.5, 0.6) is 11.8 Å². The lowest BCUT2D eigenvalue weighted by atomic mass is 9.75. The van der Waals surface area contributed by atoms with Gasteiger partial charge in [0.15, 0.2) is 5.82 Å². The highest BCUT2D eigenvalue weighted by Crippen LogP contribution is 2.48. The number of phenolic OH excluding ortho intramolecular Hbond substituents is 1. The van der Waals surface area contributed by atoms with Crippen molar-refractivity contribution in [3.8, 4) is 35.4 Å². The average Bonchev–Trinajstić information content (AvgIpc) is 3.34. The van der Waals surface area contributed by atoms with Crippen molar-refractivity contribution in [2.75, 3.05) is 57.6 Å². The molecule has 12 heteroatoms. The number of aromatic hydroxyl groups is 1. The van der Waals surface area contributed by atoms with E-state index in [0.29, 0.717) is 42.9 Å². The number of nitrogens with zero attached hydrogens (tertiary/aromatic N) is 5. The molecule has 0 radical (unpaired) electrons. The molecular weight excluding hydrogens is 623 g/mol. The number of halogens is 3. The number of ether oxygens (including phenoxy) is 2. The van der Waals surface area contributed by atoms with Gasteiger partial charge < -0.3 is 24.6 Å². The Labute approximate surface area is 276 Å². The Morgan fingerprint density at radius 1 is 1.10 bits per heavy atom. The monoisotopic (exact) mass is 661 g/mol. The van der Waals surface area contributed by atoms with Crippen molar-refractivity contribution in [3.63, 3.8) is 0 Å². The maximum absolute atomic E-state index is 16.8. The Bertz CT molecular complexity index is 1880. The summed E-state index contributed by atoms with van der Waals surface area (Å²) < 4.78 is 57.0. The Morgan fingerprint density at radius 3 is 2.79 bits per heavy atom. The zero-order valence-corrected chi connectivity index (χ0v) is 26.6. The van der Waals surface area contributed by atoms with Gasteiger partial charge in [-0.15, -0.1) is 6.42 Å². The van der Waals surface area contributed by atoms with Crippen LogP contribution < -0.4 is 9.64 Å². The smallest absolute Gasteiger partial charge is 0.319 e. The fourth-order valence-electron chi connectivity index (χ4n) is 7.98. The lowest BCUT2D eigenvalue weighted by Gasteiger charge is -2.46. The Kier molecular flexibility index (Phi) is 9.02. The number of alkyl halides is 1. The molecule has 2 N–H and O–H groups in total. The first-order valence-corrected chi connectivity index (χ1v) is 16.5. The molecule has 0 amide bonds. The number of aliphatic hydroxyl groups is 1. The summed E-state index contributed by atoms with van der Waals surface area (Å²) in [5.74, 6) is 1.24. The number of hydrogen-bond donors (Lipinski definition) is 2. The highest BCUT2D eigenvalue weighted by Gasteiger charge is 2.48. The van der Waals surface area contributed by atoms with Gasteiger partial charge in [0.1, 0.15) is 35.3 Å². The quantitative estimate of drug-likeness (QED) is 0.241. The molecule has 2 aromatic carbocycles. The predicted octanol–water partition coefficient (Wildman–Crippen LogP) is 5.38. The van der Waals surface area contributed by atoms with E-state index in [1.165, 1.54) is 30.5 Å². The first-order chi connectivity index (χ1) is 23.3. The summed E-state index contributed by atoms with van der Waals surface area (Å²) in [5.41, 5.74) is -0.345. The predicted molar refractivity (Wildman–Crippen MR) is 176 cm³/mol. The molecule has 0 spiro atoms. The number of benzene rings is 2. The zero-order chi connectivity index (χ0) is 33.4. The number of piperidine rings is 1. The Hall–Kier alpha value is -4.18. The summed E-state index contributed by atoms with van der Waals surface area (Å²) in [6.07, 6.45) is 11.5. The summed E-state index contributed by atoms with van der Waals surface area (Å²) >= 11 is 0. The van der Waals surface area contributed by atoms with Crippen LogP contribution in [0.3, 0.4) is 0 Å². The van der Waals surface area contributed by atoms with Gasteiger partial charge in [-0.05, 0) is 62.2 Å². The molecule has 2 saturated heterocycles. The minimum atomic E-state index is -1.03. The van der Waals surface area contributed by atoms with Gasteiger partial charge in [-0.2, -0.15) is 9.97 Å². The number of pyridine rings is 1. The number of terminal acetylenes is 1. The van der Waals surface area contributed by atoms with E-state index < -0.39 is 24.4 Å². The van der Waals surface area contributed by atoms with Gasteiger partial charge in [-0.1, -0.05) is 18.4 Å². The second-order valence-corrected chi connectivity index (χ2v) is 13.1. The van der Waals surface area contributed by atoms with Gasteiger partial charge in [0.05, 0.1) is 30.3 Å². The maximum Gasteiger partial charge on any atom is 0.319 e. The Balaban J connectivity index is 1.32. The molecule has 3 unspecified atom stereocenters. The fourth-order valence-corrected chi connectivity index (χ4v) is 7.98. The lowest BCUT2D eigenvalue weighted by molar-refractivity contribution is -0.0238. The first kappa shape index (κ1) is 32.4. The molecule has 3 atom stereocenters. The third-order valence-corrected chi connectivity index (χ3v) is 10.1. The summed E-state index contributed by atoms with van der Waals surface area (Å²) in [7, 11) is 0. The van der Waals surface area contributed by atoms with E-state index in [1.807, 2.05) is 4.90 Å². The van der Waals surface area contributed by atoms with E-state index in [9.17, 15) is 19.0 Å². The number of likely N-dealkylation sites (tertiary alicyclic amines) is 1. The Morgan fingerprint density at radius 2 is 1.96 bits per heavy atom. The van der Waals surface area contributed by atoms with Crippen LogP contribution in [-0.2, 0) is 4.74 Å². The van der Waals surface area contributed by atoms with E-state index in [0.717, 1.165) is 45.1 Å². The van der Waals surface area contributed by atoms with Gasteiger partial charge in [0.2, 0.25) is 0 Å². The second-order valence-electron chi connectivity index (χ2n) is 13.1. The van der Waals surface area contributed by atoms with E-state index >= 15 is 4.39 Å². The van der Waals surface area contributed by atoms with Gasteiger partial charge in [-0.25, -0.2) is 13.2 Å². The van der Waals surface area contributed by atoms with Crippen molar-refractivity contribution in [3.05, 3.63) is 47.7 Å². The van der Waals surface area contributed by atoms with Crippen LogP contribution in [0.15, 0.2) is 30.5 Å². The summed E-state index contributed by atoms with van der Waals surface area (Å²) in [6.45, 7) is 2.76. The van der Waals surface area contributed by atoms with Crippen LogP contribution in [0.4, 0.5) is 19.0 Å². The van der Waals surface area contributed by atoms with Crippen LogP contribution in [0.2, 0.25) is 0 Å². The van der Waals surface area contributed by atoms with Crippen molar-refractivity contribution in [2.24, 2.45) is 5.41 Å². The number of aromatic nitrogens is 3. The number of aliphatic hydroxyl groups excluding tert-OH is 1. The third kappa shape index (κ3) is 5.88. The van der Waals surface area contributed by atoms with E-state index in [4.69, 9.17) is 20.9 Å². The summed E-state index contributed by atoms with van der Waals surface area (Å²) in [6, 6.07) is 5.57. The highest BCUT2D eigenvalue weighted by molar-refractivity contribution is 6.03. The van der Waals surface area contributed by atoms with Gasteiger partial charge in [0.25, 0.3) is 0 Å². The van der Waals surface area contributed by atoms with Crippen molar-refractivity contribution in [1.82, 2.24) is 19.9 Å². The highest BCUT2D eigenvalue weighted by atomic mass is 19.1. The summed E-state index contributed by atoms with van der Waals surface area (Å²) in [5, 5.41) is 21.7.